The van der Waals surface area contributed by atoms with E-state index in [0.29, 0.717) is 0 Å². The Labute approximate surface area is 56.6 Å². The molecule has 1 nitrogen and oxygen atoms in total. The van der Waals surface area contributed by atoms with E-state index in [2.05, 4.69) is 6.92 Å². The first-order valence-corrected chi connectivity index (χ1v) is 3.60. The van der Waals surface area contributed by atoms with Crippen molar-refractivity contribution >= 4 is 17.7 Å². The van der Waals surface area contributed by atoms with Crippen molar-refractivity contribution in [2.45, 2.75) is 32.5 Å². The lowest BCUT2D eigenvalue weighted by Gasteiger charge is -1.95. The van der Waals surface area contributed by atoms with Crippen LogP contribution in [0.1, 0.15) is 26.2 Å². The molecule has 0 aliphatic carbocycles. The first kappa shape index (κ1) is 8.31. The Balaban J connectivity index is 2.72. The Bertz CT molecular complexity index is 49.7. The van der Waals surface area contributed by atoms with Crippen LogP contribution in [0.2, 0.25) is 6.32 Å². The van der Waals surface area contributed by atoms with Crippen LogP contribution in [0.4, 0.5) is 0 Å². The van der Waals surface area contributed by atoms with Crippen LogP contribution in [-0.4, -0.2) is 6.26 Å². The molecule has 0 fully saturated rings. The van der Waals surface area contributed by atoms with Crippen molar-refractivity contribution in [2.75, 3.05) is 0 Å². The molecule has 48 valence electrons. The highest BCUT2D eigenvalue weighted by molar-refractivity contribution is 7.05. The molecule has 0 spiro atoms. The second kappa shape index (κ2) is 5.45. The van der Waals surface area contributed by atoms with Crippen LogP contribution in [0.5, 0.6) is 0 Å². The van der Waals surface area contributed by atoms with E-state index in [4.69, 9.17) is 17.1 Å². The van der Waals surface area contributed by atoms with Crippen LogP contribution >= 0.6 is 11.5 Å². The van der Waals surface area contributed by atoms with Gasteiger partial charge >= 0.3 is 6.26 Å². The predicted octanol–water partition coefficient (Wildman–Crippen LogP) is 1.86. The van der Waals surface area contributed by atoms with Crippen molar-refractivity contribution in [3.63, 3.8) is 0 Å². The smallest absolute Gasteiger partial charge is 0.325 e. The zero-order chi connectivity index (χ0) is 6.41. The lowest BCUT2D eigenvalue weighted by Crippen LogP contribution is -2.16. The van der Waals surface area contributed by atoms with Crippen molar-refractivity contribution in [3.8, 4) is 0 Å². The lowest BCUT2D eigenvalue weighted by molar-refractivity contribution is 0.767. The molecule has 0 aliphatic rings. The average molecular weight is 133 g/mol. The number of hydrogen-bond donors (Lipinski definition) is 1. The van der Waals surface area contributed by atoms with Crippen molar-refractivity contribution in [3.05, 3.63) is 0 Å². The molecular formula is C5H13BClN. The fraction of sp³-hybridized carbons (Fsp3) is 1.00. The third-order valence-corrected chi connectivity index (χ3v) is 1.30. The Morgan fingerprint density at radius 1 is 1.50 bits per heavy atom. The maximum absolute atomic E-state index is 5.49. The number of nitrogens with two attached hydrogens (primary N) is 1. The fourth-order valence-corrected chi connectivity index (χ4v) is 0.744. The summed E-state index contributed by atoms with van der Waals surface area (Å²) in [5.41, 5.74) is 5.30. The first-order valence-electron chi connectivity index (χ1n) is 3.17. The van der Waals surface area contributed by atoms with Crippen molar-refractivity contribution < 1.29 is 0 Å². The van der Waals surface area contributed by atoms with Gasteiger partial charge in [-0.3, -0.25) is 0 Å². The minimum Gasteiger partial charge on any atom is -0.356 e. The molecule has 0 amide bonds. The number of unbranched alkanes of at least 4 members (excludes halogenated alkanes) is 2. The summed E-state index contributed by atoms with van der Waals surface area (Å²) in [5, 5.41) is 0. The van der Waals surface area contributed by atoms with E-state index >= 15 is 0 Å². The fourth-order valence-electron chi connectivity index (χ4n) is 0.589. The van der Waals surface area contributed by atoms with E-state index in [-0.39, 0.29) is 6.26 Å². The molecule has 0 saturated carbocycles. The average Bonchev–Trinajstić information content (AvgIpc) is 1.66. The predicted molar refractivity (Wildman–Crippen MR) is 40.1 cm³/mol. The highest BCUT2D eigenvalue weighted by Gasteiger charge is 1.99. The van der Waals surface area contributed by atoms with E-state index < -0.39 is 0 Å². The summed E-state index contributed by atoms with van der Waals surface area (Å²) in [7, 11) is 0. The number of rotatable bonds is 4. The third kappa shape index (κ3) is 6.31. The minimum absolute atomic E-state index is 0.124. The van der Waals surface area contributed by atoms with Gasteiger partial charge in [0, 0.05) is 0 Å². The van der Waals surface area contributed by atoms with Crippen molar-refractivity contribution in [2.24, 2.45) is 5.64 Å². The van der Waals surface area contributed by atoms with Gasteiger partial charge in [-0.25, -0.2) is 0 Å². The minimum atomic E-state index is -0.124. The van der Waals surface area contributed by atoms with E-state index in [1.54, 1.807) is 0 Å². The van der Waals surface area contributed by atoms with Gasteiger partial charge in [-0.1, -0.05) is 26.2 Å². The zero-order valence-corrected chi connectivity index (χ0v) is 6.12. The van der Waals surface area contributed by atoms with Crippen LogP contribution in [-0.2, 0) is 0 Å². The number of halogens is 1. The van der Waals surface area contributed by atoms with Crippen LogP contribution in [0.25, 0.3) is 0 Å². The van der Waals surface area contributed by atoms with Crippen molar-refractivity contribution in [1.29, 1.82) is 0 Å². The zero-order valence-electron chi connectivity index (χ0n) is 5.36. The summed E-state index contributed by atoms with van der Waals surface area (Å²) in [5.74, 6) is 0. The van der Waals surface area contributed by atoms with Gasteiger partial charge in [-0.05, 0) is 6.32 Å². The highest BCUT2D eigenvalue weighted by Crippen LogP contribution is 2.02. The summed E-state index contributed by atoms with van der Waals surface area (Å²) in [6.45, 7) is 2.17. The van der Waals surface area contributed by atoms with Crippen molar-refractivity contribution in [1.82, 2.24) is 0 Å². The summed E-state index contributed by atoms with van der Waals surface area (Å²) in [6, 6.07) is 0. The van der Waals surface area contributed by atoms with Gasteiger partial charge < -0.3 is 5.64 Å². The van der Waals surface area contributed by atoms with E-state index in [9.17, 15) is 0 Å². The monoisotopic (exact) mass is 133 g/mol. The molecule has 0 bridgehead atoms. The molecule has 0 atom stereocenters. The standard InChI is InChI=1S/C5H13BClN/c1-2-3-4-5-6(7)8/h2-5,8H2,1H3. The van der Waals surface area contributed by atoms with Gasteiger partial charge in [-0.2, -0.15) is 11.5 Å². The first-order chi connectivity index (χ1) is 3.77. The maximum atomic E-state index is 5.49. The molecule has 8 heavy (non-hydrogen) atoms. The van der Waals surface area contributed by atoms with Crippen LogP contribution < -0.4 is 5.64 Å². The SMILES string of the molecule is CCCCCB(N)Cl. The Morgan fingerprint density at radius 2 is 2.12 bits per heavy atom. The van der Waals surface area contributed by atoms with Gasteiger partial charge in [0.25, 0.3) is 0 Å². The summed E-state index contributed by atoms with van der Waals surface area (Å²) in [6.07, 6.45) is 4.49. The van der Waals surface area contributed by atoms with E-state index in [1.165, 1.54) is 19.3 Å². The second-order valence-electron chi connectivity index (χ2n) is 2.01. The highest BCUT2D eigenvalue weighted by atomic mass is 35.5. The second-order valence-corrected chi connectivity index (χ2v) is 2.57. The number of hydrogen-bond acceptors (Lipinski definition) is 1. The van der Waals surface area contributed by atoms with Gasteiger partial charge in [0.15, 0.2) is 0 Å². The largest absolute Gasteiger partial charge is 0.356 e. The summed E-state index contributed by atoms with van der Waals surface area (Å²) in [4.78, 5) is 0. The Morgan fingerprint density at radius 3 is 2.50 bits per heavy atom. The molecule has 3 heteroatoms. The van der Waals surface area contributed by atoms with E-state index in [0.717, 1.165) is 6.32 Å². The van der Waals surface area contributed by atoms with Crippen LogP contribution in [0.15, 0.2) is 0 Å². The molecule has 0 radical (unpaired) electrons. The normalized spacial score (nSPS) is 9.38. The van der Waals surface area contributed by atoms with Gasteiger partial charge in [0.1, 0.15) is 0 Å². The molecule has 0 aromatic rings. The molecule has 0 rings (SSSR count). The van der Waals surface area contributed by atoms with Crippen LogP contribution in [0, 0.1) is 0 Å². The van der Waals surface area contributed by atoms with E-state index in [1.807, 2.05) is 0 Å². The molecule has 0 heterocycles. The Hall–Kier alpha value is 0.315. The van der Waals surface area contributed by atoms with Gasteiger partial charge in [0.05, 0.1) is 0 Å². The maximum Gasteiger partial charge on any atom is 0.325 e. The third-order valence-electron chi connectivity index (χ3n) is 1.08. The molecule has 2 N–H and O–H groups in total. The molecule has 0 saturated heterocycles. The molecule has 0 aromatic heterocycles. The van der Waals surface area contributed by atoms with Crippen LogP contribution in [0.3, 0.4) is 0 Å². The topological polar surface area (TPSA) is 26.0 Å². The quantitative estimate of drug-likeness (QED) is 0.460. The Kier molecular flexibility index (Phi) is 5.67. The summed E-state index contributed by atoms with van der Waals surface area (Å²) < 4.78 is 0. The molecule has 0 aliphatic heterocycles. The molecular weight excluding hydrogens is 120 g/mol. The molecule has 0 aromatic carbocycles. The molecule has 0 unspecified atom stereocenters. The van der Waals surface area contributed by atoms with Gasteiger partial charge in [-0.15, -0.1) is 0 Å². The lowest BCUT2D eigenvalue weighted by atomic mass is 9.86. The van der Waals surface area contributed by atoms with Gasteiger partial charge in [0.2, 0.25) is 0 Å². The summed E-state index contributed by atoms with van der Waals surface area (Å²) >= 11 is 5.49.